The molecule has 0 saturated carbocycles. The summed E-state index contributed by atoms with van der Waals surface area (Å²) in [6, 6.07) is 9.79. The van der Waals surface area contributed by atoms with E-state index in [1.54, 1.807) is 6.92 Å². The summed E-state index contributed by atoms with van der Waals surface area (Å²) in [6.07, 6.45) is -3.28. The van der Waals surface area contributed by atoms with Crippen LogP contribution in [0.25, 0.3) is 0 Å². The molecule has 2 aliphatic rings. The molecule has 0 spiro atoms. The van der Waals surface area contributed by atoms with Crippen molar-refractivity contribution < 1.29 is 28.8 Å². The molecule has 3 rings (SSSR count). The number of hydrogen-bond acceptors (Lipinski definition) is 6. The predicted octanol–water partition coefficient (Wildman–Crippen LogP) is 1.07. The van der Waals surface area contributed by atoms with Gasteiger partial charge >= 0.3 is 0 Å². The van der Waals surface area contributed by atoms with Gasteiger partial charge in [0.1, 0.15) is 24.4 Å². The highest BCUT2D eigenvalue weighted by molar-refractivity contribution is 5.13. The van der Waals surface area contributed by atoms with Gasteiger partial charge in [-0.05, 0) is 12.5 Å². The molecule has 6 heteroatoms. The Bertz CT molecular complexity index is 467. The van der Waals surface area contributed by atoms with Crippen LogP contribution < -0.4 is 0 Å². The molecule has 2 saturated heterocycles. The van der Waals surface area contributed by atoms with E-state index < -0.39 is 24.6 Å². The van der Waals surface area contributed by atoms with Crippen LogP contribution in [0.4, 0.5) is 0 Å². The van der Waals surface area contributed by atoms with Crippen molar-refractivity contribution in [1.29, 1.82) is 0 Å². The van der Waals surface area contributed by atoms with E-state index in [2.05, 4.69) is 0 Å². The van der Waals surface area contributed by atoms with Crippen molar-refractivity contribution in [1.82, 2.24) is 0 Å². The lowest BCUT2D eigenvalue weighted by Gasteiger charge is -2.46. The Morgan fingerprint density at radius 3 is 2.73 bits per heavy atom. The monoisotopic (exact) mass is 310 g/mol. The molecule has 0 radical (unpaired) electrons. The maximum Gasteiger partial charge on any atom is 0.187 e. The largest absolute Gasteiger partial charge is 0.387 e. The maximum absolute atomic E-state index is 10.5. The quantitative estimate of drug-likeness (QED) is 0.897. The van der Waals surface area contributed by atoms with Gasteiger partial charge in [0.25, 0.3) is 0 Å². The predicted molar refractivity (Wildman–Crippen MR) is 77.0 cm³/mol. The van der Waals surface area contributed by atoms with Crippen LogP contribution in [0.2, 0.25) is 0 Å². The lowest BCUT2D eigenvalue weighted by Crippen LogP contribution is -2.63. The third-order valence-electron chi connectivity index (χ3n) is 3.99. The average molecular weight is 310 g/mol. The Morgan fingerprint density at radius 2 is 2.00 bits per heavy atom. The SMILES string of the molecule is CO[C@@H]1[C@@H](OCc2ccccc2)O[C@@H]2COC(C)O[C@H]2[C@H]1O. The summed E-state index contributed by atoms with van der Waals surface area (Å²) in [7, 11) is 1.53. The number of ether oxygens (including phenoxy) is 5. The van der Waals surface area contributed by atoms with Crippen LogP contribution in [-0.2, 0) is 30.3 Å². The number of rotatable bonds is 4. The molecule has 122 valence electrons. The van der Waals surface area contributed by atoms with E-state index in [1.807, 2.05) is 30.3 Å². The van der Waals surface area contributed by atoms with Gasteiger partial charge in [-0.1, -0.05) is 30.3 Å². The van der Waals surface area contributed by atoms with Gasteiger partial charge in [-0.2, -0.15) is 0 Å². The second-order valence-corrected chi connectivity index (χ2v) is 5.53. The van der Waals surface area contributed by atoms with Gasteiger partial charge < -0.3 is 28.8 Å². The highest BCUT2D eigenvalue weighted by Crippen LogP contribution is 2.30. The van der Waals surface area contributed by atoms with E-state index in [4.69, 9.17) is 23.7 Å². The summed E-state index contributed by atoms with van der Waals surface area (Å²) in [4.78, 5) is 0. The zero-order valence-electron chi connectivity index (χ0n) is 12.8. The number of aliphatic hydroxyl groups excluding tert-OH is 1. The van der Waals surface area contributed by atoms with Crippen molar-refractivity contribution >= 4 is 0 Å². The van der Waals surface area contributed by atoms with Crippen molar-refractivity contribution in [3.8, 4) is 0 Å². The highest BCUT2D eigenvalue weighted by Gasteiger charge is 2.49. The van der Waals surface area contributed by atoms with E-state index in [-0.39, 0.29) is 12.4 Å². The second kappa shape index (κ2) is 7.04. The van der Waals surface area contributed by atoms with E-state index >= 15 is 0 Å². The van der Waals surface area contributed by atoms with E-state index in [1.165, 1.54) is 7.11 Å². The second-order valence-electron chi connectivity index (χ2n) is 5.53. The molecule has 2 heterocycles. The topological polar surface area (TPSA) is 66.4 Å². The summed E-state index contributed by atoms with van der Waals surface area (Å²) in [5, 5.41) is 10.5. The summed E-state index contributed by atoms with van der Waals surface area (Å²) in [6.45, 7) is 2.54. The molecule has 1 N–H and O–H groups in total. The molecule has 0 aromatic heterocycles. The first-order chi connectivity index (χ1) is 10.7. The third-order valence-corrected chi connectivity index (χ3v) is 3.99. The van der Waals surface area contributed by atoms with Gasteiger partial charge in [0.2, 0.25) is 0 Å². The zero-order valence-corrected chi connectivity index (χ0v) is 12.8. The first-order valence-corrected chi connectivity index (χ1v) is 7.48. The molecule has 0 amide bonds. The smallest absolute Gasteiger partial charge is 0.187 e. The minimum Gasteiger partial charge on any atom is -0.387 e. The molecule has 0 bridgehead atoms. The number of hydrogen-bond donors (Lipinski definition) is 1. The summed E-state index contributed by atoms with van der Waals surface area (Å²) in [5.41, 5.74) is 1.03. The molecule has 1 unspecified atom stereocenters. The zero-order chi connectivity index (χ0) is 15.5. The Hall–Kier alpha value is -1.02. The van der Waals surface area contributed by atoms with Gasteiger partial charge in [-0.15, -0.1) is 0 Å². The van der Waals surface area contributed by atoms with Gasteiger partial charge in [-0.25, -0.2) is 0 Å². The normalized spacial score (nSPS) is 38.5. The summed E-state index contributed by atoms with van der Waals surface area (Å²) < 4.78 is 28.1. The first-order valence-electron chi connectivity index (χ1n) is 7.48. The van der Waals surface area contributed by atoms with E-state index in [0.717, 1.165) is 5.56 Å². The summed E-state index contributed by atoms with van der Waals surface area (Å²) >= 11 is 0. The molecule has 6 nitrogen and oxygen atoms in total. The van der Waals surface area contributed by atoms with Gasteiger partial charge in [0.05, 0.1) is 13.2 Å². The van der Waals surface area contributed by atoms with Crippen LogP contribution >= 0.6 is 0 Å². The Kier molecular flexibility index (Phi) is 5.07. The van der Waals surface area contributed by atoms with Gasteiger partial charge in [-0.3, -0.25) is 0 Å². The Balaban J connectivity index is 1.65. The lowest BCUT2D eigenvalue weighted by atomic mass is 9.98. The van der Waals surface area contributed by atoms with E-state index in [0.29, 0.717) is 13.2 Å². The fourth-order valence-electron chi connectivity index (χ4n) is 2.83. The average Bonchev–Trinajstić information content (AvgIpc) is 2.55. The molecule has 0 aliphatic carbocycles. The maximum atomic E-state index is 10.5. The molecule has 22 heavy (non-hydrogen) atoms. The molecular weight excluding hydrogens is 288 g/mol. The highest BCUT2D eigenvalue weighted by atomic mass is 16.8. The van der Waals surface area contributed by atoms with Crippen molar-refractivity contribution in [3.05, 3.63) is 35.9 Å². The van der Waals surface area contributed by atoms with Gasteiger partial charge in [0, 0.05) is 7.11 Å². The standard InChI is InChI=1S/C16H22O6/c1-10-19-9-12-14(21-10)13(17)15(18-2)16(22-12)20-8-11-6-4-3-5-7-11/h3-7,10,12-17H,8-9H2,1-2H3/t10?,12-,13-,14-,15+,16+/m1/s1. The molecular formula is C16H22O6. The van der Waals surface area contributed by atoms with Crippen molar-refractivity contribution in [2.75, 3.05) is 13.7 Å². The van der Waals surface area contributed by atoms with Crippen LogP contribution in [0, 0.1) is 0 Å². The Morgan fingerprint density at radius 1 is 1.23 bits per heavy atom. The van der Waals surface area contributed by atoms with Crippen molar-refractivity contribution in [3.63, 3.8) is 0 Å². The molecule has 1 aromatic rings. The molecule has 2 fully saturated rings. The van der Waals surface area contributed by atoms with Crippen LogP contribution in [-0.4, -0.2) is 55.8 Å². The molecule has 6 atom stereocenters. The fraction of sp³-hybridized carbons (Fsp3) is 0.625. The minimum atomic E-state index is -0.823. The summed E-state index contributed by atoms with van der Waals surface area (Å²) in [5.74, 6) is 0. The van der Waals surface area contributed by atoms with Gasteiger partial charge in [0.15, 0.2) is 12.6 Å². The lowest BCUT2D eigenvalue weighted by molar-refractivity contribution is -0.360. The van der Waals surface area contributed by atoms with Crippen molar-refractivity contribution in [2.45, 2.75) is 50.5 Å². The number of aliphatic hydroxyl groups is 1. The number of methoxy groups -OCH3 is 1. The van der Waals surface area contributed by atoms with Crippen LogP contribution in [0.1, 0.15) is 12.5 Å². The Labute approximate surface area is 129 Å². The fourth-order valence-corrected chi connectivity index (χ4v) is 2.83. The number of benzene rings is 1. The van der Waals surface area contributed by atoms with Crippen molar-refractivity contribution in [2.24, 2.45) is 0 Å². The molecule has 1 aromatic carbocycles. The minimum absolute atomic E-state index is 0.362. The first kappa shape index (κ1) is 15.9. The van der Waals surface area contributed by atoms with Crippen LogP contribution in [0.15, 0.2) is 30.3 Å². The van der Waals surface area contributed by atoms with Crippen LogP contribution in [0.5, 0.6) is 0 Å². The van der Waals surface area contributed by atoms with Crippen LogP contribution in [0.3, 0.4) is 0 Å². The molecule has 2 aliphatic heterocycles. The van der Waals surface area contributed by atoms with E-state index in [9.17, 15) is 5.11 Å². The third kappa shape index (κ3) is 3.32. The number of fused-ring (bicyclic) bond motifs is 1.